The molecule has 98 valence electrons. The Balaban J connectivity index is 2.24. The number of anilines is 1. The van der Waals surface area contributed by atoms with Crippen molar-refractivity contribution in [2.45, 2.75) is 25.8 Å². The van der Waals surface area contributed by atoms with E-state index in [1.807, 2.05) is 26.0 Å². The summed E-state index contributed by atoms with van der Waals surface area (Å²) in [6, 6.07) is 8.19. The van der Waals surface area contributed by atoms with Crippen molar-refractivity contribution in [2.24, 2.45) is 5.73 Å². The number of nitrogens with two attached hydrogens (primary N) is 1. The molecule has 0 aromatic heterocycles. The summed E-state index contributed by atoms with van der Waals surface area (Å²) >= 11 is 0. The molecule has 1 fully saturated rings. The van der Waals surface area contributed by atoms with E-state index in [1.54, 1.807) is 0 Å². The smallest absolute Gasteiger partial charge is 0.239 e. The van der Waals surface area contributed by atoms with Crippen LogP contribution in [0.3, 0.4) is 0 Å². The van der Waals surface area contributed by atoms with Crippen molar-refractivity contribution in [1.29, 1.82) is 0 Å². The minimum absolute atomic E-state index is 0.0862. The van der Waals surface area contributed by atoms with Crippen LogP contribution in [0.5, 0.6) is 0 Å². The summed E-state index contributed by atoms with van der Waals surface area (Å²) in [5.74, 6) is 0.0862. The number of benzene rings is 1. The minimum atomic E-state index is -0.242. The molecule has 3 N–H and O–H groups in total. The van der Waals surface area contributed by atoms with Crippen LogP contribution < -0.4 is 16.0 Å². The lowest BCUT2D eigenvalue weighted by molar-refractivity contribution is -0.120. The molecule has 1 aromatic rings. The highest BCUT2D eigenvalue weighted by Crippen LogP contribution is 2.24. The molecule has 0 unspecified atom stereocenters. The van der Waals surface area contributed by atoms with Gasteiger partial charge >= 0.3 is 0 Å². The van der Waals surface area contributed by atoms with Crippen LogP contribution in [0.15, 0.2) is 24.3 Å². The zero-order valence-electron chi connectivity index (χ0n) is 11.1. The maximum atomic E-state index is 11.5. The van der Waals surface area contributed by atoms with E-state index in [1.165, 1.54) is 5.56 Å². The third-order valence-electron chi connectivity index (χ3n) is 3.02. The van der Waals surface area contributed by atoms with Crippen LogP contribution in [-0.4, -0.2) is 31.1 Å². The predicted molar refractivity (Wildman–Crippen MR) is 73.6 cm³/mol. The Labute approximate surface area is 108 Å². The van der Waals surface area contributed by atoms with E-state index in [9.17, 15) is 4.79 Å². The van der Waals surface area contributed by atoms with Crippen molar-refractivity contribution < 1.29 is 4.79 Å². The molecule has 0 radical (unpaired) electrons. The second-order valence-corrected chi connectivity index (χ2v) is 5.57. The molecular formula is C14H21N3O. The highest BCUT2D eigenvalue weighted by molar-refractivity contribution is 5.83. The Hall–Kier alpha value is -1.55. The monoisotopic (exact) mass is 247 g/mol. The zero-order chi connectivity index (χ0) is 13.2. The van der Waals surface area contributed by atoms with Gasteiger partial charge in [-0.15, -0.1) is 0 Å². The van der Waals surface area contributed by atoms with E-state index < -0.39 is 0 Å². The Morgan fingerprint density at radius 2 is 2.11 bits per heavy atom. The number of hydrogen-bond donors (Lipinski definition) is 2. The zero-order valence-corrected chi connectivity index (χ0v) is 11.1. The van der Waals surface area contributed by atoms with Crippen LogP contribution in [0.1, 0.15) is 19.4 Å². The number of piperazine rings is 1. The summed E-state index contributed by atoms with van der Waals surface area (Å²) < 4.78 is 0. The van der Waals surface area contributed by atoms with Crippen LogP contribution in [0.4, 0.5) is 5.69 Å². The molecule has 18 heavy (non-hydrogen) atoms. The lowest BCUT2D eigenvalue weighted by Crippen LogP contribution is -2.48. The third kappa shape index (κ3) is 3.23. The number of nitrogens with zero attached hydrogens (tertiary/aromatic N) is 1. The van der Waals surface area contributed by atoms with Gasteiger partial charge in [-0.2, -0.15) is 0 Å². The quantitative estimate of drug-likeness (QED) is 0.834. The van der Waals surface area contributed by atoms with Crippen molar-refractivity contribution >= 4 is 11.6 Å². The van der Waals surface area contributed by atoms with E-state index in [-0.39, 0.29) is 11.4 Å². The highest BCUT2D eigenvalue weighted by Gasteiger charge is 2.21. The van der Waals surface area contributed by atoms with Gasteiger partial charge in [-0.25, -0.2) is 0 Å². The van der Waals surface area contributed by atoms with Crippen LogP contribution >= 0.6 is 0 Å². The second kappa shape index (κ2) is 4.98. The van der Waals surface area contributed by atoms with E-state index in [4.69, 9.17) is 5.73 Å². The number of hydrogen-bond acceptors (Lipinski definition) is 3. The summed E-state index contributed by atoms with van der Waals surface area (Å²) in [6.07, 6.45) is 0.807. The standard InChI is InChI=1S/C14H21N3O/c1-14(2,15)9-11-5-3-4-6-12(11)17-8-7-16-13(18)10-17/h3-6H,7-10,15H2,1-2H3,(H,16,18). The molecule has 1 amide bonds. The number of para-hydroxylation sites is 1. The van der Waals surface area contributed by atoms with Gasteiger partial charge in [-0.3, -0.25) is 4.79 Å². The first-order valence-corrected chi connectivity index (χ1v) is 6.34. The average Bonchev–Trinajstić information content (AvgIpc) is 2.27. The fourth-order valence-corrected chi connectivity index (χ4v) is 2.30. The van der Waals surface area contributed by atoms with Crippen molar-refractivity contribution in [2.75, 3.05) is 24.5 Å². The first-order valence-electron chi connectivity index (χ1n) is 6.34. The third-order valence-corrected chi connectivity index (χ3v) is 3.02. The largest absolute Gasteiger partial charge is 0.360 e. The van der Waals surface area contributed by atoms with Gasteiger partial charge < -0.3 is 16.0 Å². The molecule has 1 saturated heterocycles. The summed E-state index contributed by atoms with van der Waals surface area (Å²) in [7, 11) is 0. The number of carbonyl (C=O) groups is 1. The van der Waals surface area contributed by atoms with Gasteiger partial charge in [0.25, 0.3) is 0 Å². The Morgan fingerprint density at radius 3 is 2.78 bits per heavy atom. The molecule has 1 aromatic carbocycles. The SMILES string of the molecule is CC(C)(N)Cc1ccccc1N1CCNC(=O)C1. The Morgan fingerprint density at radius 1 is 1.39 bits per heavy atom. The lowest BCUT2D eigenvalue weighted by Gasteiger charge is -2.31. The second-order valence-electron chi connectivity index (χ2n) is 5.57. The molecule has 1 aliphatic rings. The van der Waals surface area contributed by atoms with Crippen molar-refractivity contribution in [3.63, 3.8) is 0 Å². The maximum absolute atomic E-state index is 11.5. The molecule has 4 heteroatoms. The van der Waals surface area contributed by atoms with Gasteiger partial charge in [-0.05, 0) is 31.9 Å². The summed E-state index contributed by atoms with van der Waals surface area (Å²) in [4.78, 5) is 13.6. The van der Waals surface area contributed by atoms with Crippen LogP contribution in [-0.2, 0) is 11.2 Å². The van der Waals surface area contributed by atoms with Crippen LogP contribution in [0, 0.1) is 0 Å². The lowest BCUT2D eigenvalue weighted by atomic mass is 9.94. The molecule has 0 atom stereocenters. The van der Waals surface area contributed by atoms with Gasteiger partial charge in [0.15, 0.2) is 0 Å². The molecule has 0 bridgehead atoms. The van der Waals surface area contributed by atoms with Gasteiger partial charge in [0, 0.05) is 24.3 Å². The molecule has 4 nitrogen and oxygen atoms in total. The average molecular weight is 247 g/mol. The Bertz CT molecular complexity index is 437. The van der Waals surface area contributed by atoms with Gasteiger partial charge in [0.2, 0.25) is 5.91 Å². The normalized spacial score (nSPS) is 16.6. The molecule has 0 saturated carbocycles. The topological polar surface area (TPSA) is 58.4 Å². The fraction of sp³-hybridized carbons (Fsp3) is 0.500. The van der Waals surface area contributed by atoms with E-state index in [2.05, 4.69) is 22.3 Å². The molecule has 2 rings (SSSR count). The van der Waals surface area contributed by atoms with E-state index in [0.29, 0.717) is 13.1 Å². The number of amides is 1. The number of rotatable bonds is 3. The Kier molecular flexibility index (Phi) is 3.57. The minimum Gasteiger partial charge on any atom is -0.360 e. The van der Waals surface area contributed by atoms with Crippen molar-refractivity contribution in [1.82, 2.24) is 5.32 Å². The molecule has 0 aliphatic carbocycles. The van der Waals surface area contributed by atoms with Crippen LogP contribution in [0.25, 0.3) is 0 Å². The van der Waals surface area contributed by atoms with Gasteiger partial charge in [0.1, 0.15) is 0 Å². The fourth-order valence-electron chi connectivity index (χ4n) is 2.30. The summed E-state index contributed by atoms with van der Waals surface area (Å²) in [6.45, 7) is 6.04. The highest BCUT2D eigenvalue weighted by atomic mass is 16.2. The molecule has 1 aliphatic heterocycles. The first kappa shape index (κ1) is 12.9. The van der Waals surface area contributed by atoms with E-state index in [0.717, 1.165) is 18.7 Å². The van der Waals surface area contributed by atoms with Crippen LogP contribution in [0.2, 0.25) is 0 Å². The van der Waals surface area contributed by atoms with Gasteiger partial charge in [0.05, 0.1) is 6.54 Å². The predicted octanol–water partition coefficient (Wildman–Crippen LogP) is 0.903. The summed E-state index contributed by atoms with van der Waals surface area (Å²) in [5, 5.41) is 2.84. The number of nitrogens with one attached hydrogen (secondary N) is 1. The van der Waals surface area contributed by atoms with E-state index >= 15 is 0 Å². The molecule has 1 heterocycles. The van der Waals surface area contributed by atoms with Crippen molar-refractivity contribution in [3.8, 4) is 0 Å². The maximum Gasteiger partial charge on any atom is 0.239 e. The summed E-state index contributed by atoms with van der Waals surface area (Å²) in [5.41, 5.74) is 8.19. The molecular weight excluding hydrogens is 226 g/mol. The van der Waals surface area contributed by atoms with Gasteiger partial charge in [-0.1, -0.05) is 18.2 Å². The number of carbonyl (C=O) groups excluding carboxylic acids is 1. The molecule has 0 spiro atoms. The van der Waals surface area contributed by atoms with Crippen molar-refractivity contribution in [3.05, 3.63) is 29.8 Å². The first-order chi connectivity index (χ1) is 8.46.